The maximum Gasteiger partial charge on any atom is 0.232 e. The highest BCUT2D eigenvalue weighted by molar-refractivity contribution is 6.03. The molecule has 0 radical (unpaired) electrons. The molecule has 2 rings (SSSR count). The van der Waals surface area contributed by atoms with Crippen molar-refractivity contribution in [2.24, 2.45) is 5.41 Å². The molecule has 0 bridgehead atoms. The Bertz CT molecular complexity index is 415. The number of hydrogen-bond donors (Lipinski definition) is 1. The van der Waals surface area contributed by atoms with Gasteiger partial charge in [-0.3, -0.25) is 4.79 Å². The van der Waals surface area contributed by atoms with E-state index in [1.165, 1.54) is 5.56 Å². The Hall–Kier alpha value is -1.31. The van der Waals surface area contributed by atoms with Crippen LogP contribution in [0.1, 0.15) is 37.8 Å². The fourth-order valence-corrected chi connectivity index (χ4v) is 2.24. The largest absolute Gasteiger partial charge is 0.325 e. The molecule has 0 aromatic heterocycles. The molecule has 1 aromatic carbocycles. The van der Waals surface area contributed by atoms with E-state index in [0.717, 1.165) is 11.3 Å². The molecule has 2 nitrogen and oxygen atoms in total. The summed E-state index contributed by atoms with van der Waals surface area (Å²) in [5.41, 5.74) is 3.28. The molecule has 0 spiro atoms. The normalized spacial score (nSPS) is 20.0. The third kappa shape index (κ3) is 1.65. The van der Waals surface area contributed by atoms with E-state index < -0.39 is 0 Å². The summed E-state index contributed by atoms with van der Waals surface area (Å²) in [6, 6.07) is 6.18. The van der Waals surface area contributed by atoms with Gasteiger partial charge >= 0.3 is 0 Å². The van der Waals surface area contributed by atoms with Gasteiger partial charge in [-0.05, 0) is 29.5 Å². The van der Waals surface area contributed by atoms with Crippen molar-refractivity contribution >= 4 is 11.6 Å². The van der Waals surface area contributed by atoms with Crippen molar-refractivity contribution in [2.45, 2.75) is 33.6 Å². The number of hydrogen-bond acceptors (Lipinski definition) is 1. The Morgan fingerprint density at radius 2 is 1.93 bits per heavy atom. The van der Waals surface area contributed by atoms with E-state index >= 15 is 0 Å². The van der Waals surface area contributed by atoms with Crippen LogP contribution in [0.2, 0.25) is 0 Å². The van der Waals surface area contributed by atoms with Gasteiger partial charge in [-0.2, -0.15) is 0 Å². The number of anilines is 1. The molecule has 15 heavy (non-hydrogen) atoms. The van der Waals surface area contributed by atoms with Crippen LogP contribution < -0.4 is 5.32 Å². The Kier molecular flexibility index (Phi) is 2.10. The monoisotopic (exact) mass is 203 g/mol. The fourth-order valence-electron chi connectivity index (χ4n) is 2.24. The number of benzene rings is 1. The van der Waals surface area contributed by atoms with Crippen LogP contribution in [-0.2, 0) is 4.79 Å². The standard InChI is InChI=1S/C13H17NO/c1-8-5-6-9-10(7-8)14-12(15)11(9)13(2,3)4/h5-7,11H,1-4H3,(H,14,15). The maximum absolute atomic E-state index is 11.9. The number of nitrogens with one attached hydrogen (secondary N) is 1. The van der Waals surface area contributed by atoms with Crippen LogP contribution in [-0.4, -0.2) is 5.91 Å². The van der Waals surface area contributed by atoms with Gasteiger partial charge in [-0.1, -0.05) is 32.9 Å². The summed E-state index contributed by atoms with van der Waals surface area (Å²) < 4.78 is 0. The van der Waals surface area contributed by atoms with Crippen LogP contribution in [0.25, 0.3) is 0 Å². The van der Waals surface area contributed by atoms with Crippen LogP contribution in [0.3, 0.4) is 0 Å². The van der Waals surface area contributed by atoms with Gasteiger partial charge in [0.1, 0.15) is 0 Å². The number of aryl methyl sites for hydroxylation is 1. The van der Waals surface area contributed by atoms with E-state index in [-0.39, 0.29) is 17.2 Å². The smallest absolute Gasteiger partial charge is 0.232 e. The minimum Gasteiger partial charge on any atom is -0.325 e. The summed E-state index contributed by atoms with van der Waals surface area (Å²) in [6.07, 6.45) is 0. The molecule has 1 unspecified atom stereocenters. The lowest BCUT2D eigenvalue weighted by molar-refractivity contribution is -0.119. The second kappa shape index (κ2) is 3.09. The molecule has 1 aliphatic rings. The molecular weight excluding hydrogens is 186 g/mol. The van der Waals surface area contributed by atoms with Crippen molar-refractivity contribution in [3.63, 3.8) is 0 Å². The third-order valence-corrected chi connectivity index (χ3v) is 2.91. The number of rotatable bonds is 0. The zero-order valence-electron chi connectivity index (χ0n) is 9.72. The average molecular weight is 203 g/mol. The van der Waals surface area contributed by atoms with Gasteiger partial charge in [-0.15, -0.1) is 0 Å². The van der Waals surface area contributed by atoms with Crippen LogP contribution >= 0.6 is 0 Å². The van der Waals surface area contributed by atoms with Gasteiger partial charge in [0.05, 0.1) is 5.92 Å². The Balaban J connectivity index is 2.51. The first-order valence-electron chi connectivity index (χ1n) is 5.31. The third-order valence-electron chi connectivity index (χ3n) is 2.91. The highest BCUT2D eigenvalue weighted by atomic mass is 16.2. The summed E-state index contributed by atoms with van der Waals surface area (Å²) in [7, 11) is 0. The Morgan fingerprint density at radius 3 is 2.53 bits per heavy atom. The van der Waals surface area contributed by atoms with Crippen molar-refractivity contribution in [3.05, 3.63) is 29.3 Å². The number of carbonyl (C=O) groups excluding carboxylic acids is 1. The van der Waals surface area contributed by atoms with Crippen molar-refractivity contribution in [1.29, 1.82) is 0 Å². The summed E-state index contributed by atoms with van der Waals surface area (Å²) in [5, 5.41) is 2.96. The molecule has 80 valence electrons. The molecule has 1 atom stereocenters. The van der Waals surface area contributed by atoms with Crippen LogP contribution in [0.15, 0.2) is 18.2 Å². The first-order valence-corrected chi connectivity index (χ1v) is 5.31. The molecule has 1 heterocycles. The number of fused-ring (bicyclic) bond motifs is 1. The van der Waals surface area contributed by atoms with E-state index in [1.807, 2.05) is 13.0 Å². The molecule has 0 aliphatic carbocycles. The predicted molar refractivity (Wildman–Crippen MR) is 62.0 cm³/mol. The fraction of sp³-hybridized carbons (Fsp3) is 0.462. The topological polar surface area (TPSA) is 29.1 Å². The van der Waals surface area contributed by atoms with E-state index in [4.69, 9.17) is 0 Å². The van der Waals surface area contributed by atoms with E-state index in [9.17, 15) is 4.79 Å². The highest BCUT2D eigenvalue weighted by Crippen LogP contribution is 2.43. The lowest BCUT2D eigenvalue weighted by atomic mass is 9.77. The first kappa shape index (κ1) is 10.2. The van der Waals surface area contributed by atoms with Gasteiger partial charge in [0.2, 0.25) is 5.91 Å². The minimum atomic E-state index is -0.0232. The van der Waals surface area contributed by atoms with Gasteiger partial charge in [0, 0.05) is 5.69 Å². The zero-order valence-corrected chi connectivity index (χ0v) is 9.72. The molecular formula is C13H17NO. The van der Waals surface area contributed by atoms with Gasteiger partial charge in [0.25, 0.3) is 0 Å². The predicted octanol–water partition coefficient (Wildman–Crippen LogP) is 3.08. The second-order valence-electron chi connectivity index (χ2n) is 5.38. The first-order chi connectivity index (χ1) is 6.89. The molecule has 1 aromatic rings. The van der Waals surface area contributed by atoms with Crippen LogP contribution in [0.4, 0.5) is 5.69 Å². The Morgan fingerprint density at radius 1 is 1.27 bits per heavy atom. The van der Waals surface area contributed by atoms with E-state index in [0.29, 0.717) is 0 Å². The molecule has 0 fully saturated rings. The van der Waals surface area contributed by atoms with Gasteiger partial charge < -0.3 is 5.32 Å². The lowest BCUT2D eigenvalue weighted by Crippen LogP contribution is -2.25. The maximum atomic E-state index is 11.9. The van der Waals surface area contributed by atoms with Crippen molar-refractivity contribution in [3.8, 4) is 0 Å². The number of carbonyl (C=O) groups is 1. The summed E-state index contributed by atoms with van der Waals surface area (Å²) in [4.78, 5) is 11.9. The van der Waals surface area contributed by atoms with Crippen LogP contribution in [0.5, 0.6) is 0 Å². The van der Waals surface area contributed by atoms with Crippen molar-refractivity contribution in [2.75, 3.05) is 5.32 Å². The zero-order chi connectivity index (χ0) is 11.2. The molecule has 1 amide bonds. The number of amides is 1. The molecule has 0 saturated heterocycles. The van der Waals surface area contributed by atoms with Crippen LogP contribution in [0, 0.1) is 12.3 Å². The Labute approximate surface area is 90.7 Å². The van der Waals surface area contributed by atoms with Crippen molar-refractivity contribution < 1.29 is 4.79 Å². The molecule has 0 saturated carbocycles. The van der Waals surface area contributed by atoms with E-state index in [1.54, 1.807) is 0 Å². The summed E-state index contributed by atoms with van der Waals surface area (Å²) >= 11 is 0. The van der Waals surface area contributed by atoms with Crippen molar-refractivity contribution in [1.82, 2.24) is 0 Å². The molecule has 1 aliphatic heterocycles. The quantitative estimate of drug-likeness (QED) is 0.689. The second-order valence-corrected chi connectivity index (χ2v) is 5.38. The molecule has 1 N–H and O–H groups in total. The lowest BCUT2D eigenvalue weighted by Gasteiger charge is -2.25. The average Bonchev–Trinajstić information content (AvgIpc) is 2.38. The SMILES string of the molecule is Cc1ccc2c(c1)NC(=O)C2C(C)(C)C. The summed E-state index contributed by atoms with van der Waals surface area (Å²) in [5.74, 6) is 0.108. The van der Waals surface area contributed by atoms with E-state index in [2.05, 4.69) is 38.2 Å². The summed E-state index contributed by atoms with van der Waals surface area (Å²) in [6.45, 7) is 8.35. The molecule has 2 heteroatoms. The highest BCUT2D eigenvalue weighted by Gasteiger charge is 2.38. The van der Waals surface area contributed by atoms with Gasteiger partial charge in [0.15, 0.2) is 0 Å². The van der Waals surface area contributed by atoms with Gasteiger partial charge in [-0.25, -0.2) is 0 Å². The minimum absolute atomic E-state index is 0.0203.